The third-order valence-electron chi connectivity index (χ3n) is 4.35. The Bertz CT molecular complexity index is 598. The van der Waals surface area contributed by atoms with Crippen molar-refractivity contribution in [2.24, 2.45) is 0 Å². The Morgan fingerprint density at radius 2 is 1.62 bits per heavy atom. The normalized spacial score (nSPS) is 18.2. The van der Waals surface area contributed by atoms with Crippen LogP contribution in [0.1, 0.15) is 56.3 Å². The Morgan fingerprint density at radius 1 is 1.08 bits per heavy atom. The first kappa shape index (κ1) is 19.0. The summed E-state index contributed by atoms with van der Waals surface area (Å²) in [6, 6.07) is 5.09. The lowest BCUT2D eigenvalue weighted by atomic mass is 10.0. The smallest absolute Gasteiger partial charge is 0.275 e. The molecule has 5 nitrogen and oxygen atoms in total. The van der Waals surface area contributed by atoms with Crippen molar-refractivity contribution in [3.05, 3.63) is 23.8 Å². The molecule has 0 N–H and O–H groups in total. The lowest BCUT2D eigenvalue weighted by molar-refractivity contribution is 0.102. The van der Waals surface area contributed by atoms with E-state index in [0.717, 1.165) is 32.1 Å². The first-order valence-electron chi connectivity index (χ1n) is 8.48. The zero-order valence-electron chi connectivity index (χ0n) is 14.9. The van der Waals surface area contributed by atoms with Crippen LogP contribution in [0.2, 0.25) is 0 Å². The SMILES string of the molecule is COc1cccc(OC)c1C(=O)P(=O)(OC(C)C)C1CCCCC1. The minimum atomic E-state index is -3.54. The van der Waals surface area contributed by atoms with Gasteiger partial charge in [0.25, 0.3) is 12.9 Å². The average molecular weight is 354 g/mol. The standard InChI is InChI=1S/C18H27O5P/c1-13(2)23-24(20,14-9-6-5-7-10-14)18(19)17-15(21-3)11-8-12-16(17)22-4/h8,11-14H,5-7,9-10H2,1-4H3. The molecule has 0 bridgehead atoms. The number of carbonyl (C=O) groups excluding carboxylic acids is 1. The van der Waals surface area contributed by atoms with E-state index in [1.807, 2.05) is 13.8 Å². The highest BCUT2D eigenvalue weighted by Gasteiger charge is 2.45. The number of rotatable bonds is 7. The molecule has 134 valence electrons. The van der Waals surface area contributed by atoms with Crippen molar-refractivity contribution in [2.45, 2.75) is 57.7 Å². The van der Waals surface area contributed by atoms with E-state index in [1.54, 1.807) is 18.2 Å². The van der Waals surface area contributed by atoms with Gasteiger partial charge in [-0.05, 0) is 38.8 Å². The van der Waals surface area contributed by atoms with Crippen LogP contribution in [-0.2, 0) is 9.09 Å². The molecule has 1 aromatic rings. The molecule has 0 spiro atoms. The van der Waals surface area contributed by atoms with Crippen LogP contribution >= 0.6 is 7.37 Å². The molecule has 1 fully saturated rings. The topological polar surface area (TPSA) is 61.8 Å². The third-order valence-corrected chi connectivity index (χ3v) is 7.35. The summed E-state index contributed by atoms with van der Waals surface area (Å²) in [5, 5.41) is 0. The molecule has 0 aliphatic heterocycles. The molecule has 6 heteroatoms. The van der Waals surface area contributed by atoms with Crippen molar-refractivity contribution >= 4 is 12.9 Å². The first-order chi connectivity index (χ1) is 11.4. The molecule has 1 aliphatic carbocycles. The van der Waals surface area contributed by atoms with E-state index < -0.39 is 12.9 Å². The molecular weight excluding hydrogens is 327 g/mol. The van der Waals surface area contributed by atoms with E-state index in [2.05, 4.69) is 0 Å². The minimum Gasteiger partial charge on any atom is -0.496 e. The Kier molecular flexibility index (Phi) is 6.47. The lowest BCUT2D eigenvalue weighted by Gasteiger charge is -2.31. The van der Waals surface area contributed by atoms with Gasteiger partial charge in [0, 0.05) is 5.66 Å². The summed E-state index contributed by atoms with van der Waals surface area (Å²) in [4.78, 5) is 13.3. The summed E-state index contributed by atoms with van der Waals surface area (Å²) in [6.45, 7) is 3.62. The van der Waals surface area contributed by atoms with E-state index >= 15 is 0 Å². The molecule has 0 radical (unpaired) electrons. The van der Waals surface area contributed by atoms with Gasteiger partial charge in [0.2, 0.25) is 0 Å². The molecule has 1 atom stereocenters. The second-order valence-electron chi connectivity index (χ2n) is 6.39. The van der Waals surface area contributed by atoms with Gasteiger partial charge < -0.3 is 14.0 Å². The molecular formula is C18H27O5P. The fourth-order valence-electron chi connectivity index (χ4n) is 3.25. The largest absolute Gasteiger partial charge is 0.496 e. The van der Waals surface area contributed by atoms with Gasteiger partial charge in [0.1, 0.15) is 17.1 Å². The van der Waals surface area contributed by atoms with Crippen LogP contribution in [0, 0.1) is 0 Å². The molecule has 24 heavy (non-hydrogen) atoms. The number of benzene rings is 1. The van der Waals surface area contributed by atoms with Crippen molar-refractivity contribution in [3.63, 3.8) is 0 Å². The first-order valence-corrected chi connectivity index (χ1v) is 10.2. The molecule has 1 unspecified atom stereocenters. The minimum absolute atomic E-state index is 0.219. The molecule has 1 aliphatic rings. The molecule has 1 aromatic carbocycles. The molecule has 0 aromatic heterocycles. The highest BCUT2D eigenvalue weighted by Crippen LogP contribution is 2.61. The quantitative estimate of drug-likeness (QED) is 0.653. The van der Waals surface area contributed by atoms with Gasteiger partial charge in [0.05, 0.1) is 20.3 Å². The summed E-state index contributed by atoms with van der Waals surface area (Å²) in [7, 11) is -0.570. The zero-order valence-corrected chi connectivity index (χ0v) is 15.8. The number of carbonyl (C=O) groups is 1. The second kappa shape index (κ2) is 8.17. The maximum absolute atomic E-state index is 13.7. The molecule has 0 saturated heterocycles. The Balaban J connectivity index is 2.50. The number of ether oxygens (including phenoxy) is 2. The molecule has 0 heterocycles. The van der Waals surface area contributed by atoms with Gasteiger partial charge in [-0.3, -0.25) is 9.36 Å². The van der Waals surface area contributed by atoms with Gasteiger partial charge in [-0.15, -0.1) is 0 Å². The van der Waals surface area contributed by atoms with Gasteiger partial charge >= 0.3 is 0 Å². The zero-order chi connectivity index (χ0) is 17.7. The predicted octanol–water partition coefficient (Wildman–Crippen LogP) is 4.88. The van der Waals surface area contributed by atoms with E-state index in [9.17, 15) is 9.36 Å². The van der Waals surface area contributed by atoms with E-state index in [0.29, 0.717) is 11.5 Å². The number of hydrogen-bond donors (Lipinski definition) is 0. The van der Waals surface area contributed by atoms with E-state index in [4.69, 9.17) is 14.0 Å². The second-order valence-corrected chi connectivity index (χ2v) is 8.93. The van der Waals surface area contributed by atoms with E-state index in [-0.39, 0.29) is 17.3 Å². The number of methoxy groups -OCH3 is 2. The van der Waals surface area contributed by atoms with Crippen molar-refractivity contribution < 1.29 is 23.4 Å². The lowest BCUT2D eigenvalue weighted by Crippen LogP contribution is -2.23. The van der Waals surface area contributed by atoms with Gasteiger partial charge in [0.15, 0.2) is 0 Å². The van der Waals surface area contributed by atoms with Crippen LogP contribution in [0.5, 0.6) is 11.5 Å². The Hall–Kier alpha value is -1.32. The van der Waals surface area contributed by atoms with Gasteiger partial charge in [-0.2, -0.15) is 0 Å². The van der Waals surface area contributed by atoms with Crippen LogP contribution in [0.15, 0.2) is 18.2 Å². The predicted molar refractivity (Wildman–Crippen MR) is 94.6 cm³/mol. The van der Waals surface area contributed by atoms with Crippen LogP contribution in [-0.4, -0.2) is 31.5 Å². The Morgan fingerprint density at radius 3 is 2.08 bits per heavy atom. The molecule has 0 amide bonds. The summed E-state index contributed by atoms with van der Waals surface area (Å²) < 4.78 is 30.2. The molecule has 1 saturated carbocycles. The highest BCUT2D eigenvalue weighted by atomic mass is 31.2. The molecule has 2 rings (SSSR count). The van der Waals surface area contributed by atoms with E-state index in [1.165, 1.54) is 14.2 Å². The fourth-order valence-corrected chi connectivity index (χ4v) is 6.05. The summed E-state index contributed by atoms with van der Waals surface area (Å²) in [5.74, 6) is 0.727. The fraction of sp³-hybridized carbons (Fsp3) is 0.611. The van der Waals surface area contributed by atoms with Crippen molar-refractivity contribution in [1.82, 2.24) is 0 Å². The van der Waals surface area contributed by atoms with Crippen molar-refractivity contribution in [2.75, 3.05) is 14.2 Å². The van der Waals surface area contributed by atoms with Crippen LogP contribution in [0.3, 0.4) is 0 Å². The van der Waals surface area contributed by atoms with Gasteiger partial charge in [-0.25, -0.2) is 0 Å². The van der Waals surface area contributed by atoms with Crippen molar-refractivity contribution in [3.8, 4) is 11.5 Å². The average Bonchev–Trinajstić information content (AvgIpc) is 2.60. The number of hydrogen-bond acceptors (Lipinski definition) is 5. The van der Waals surface area contributed by atoms with Crippen LogP contribution in [0.4, 0.5) is 0 Å². The summed E-state index contributed by atoms with van der Waals surface area (Å²) >= 11 is 0. The maximum atomic E-state index is 13.7. The van der Waals surface area contributed by atoms with Crippen LogP contribution in [0.25, 0.3) is 0 Å². The highest BCUT2D eigenvalue weighted by molar-refractivity contribution is 7.77. The maximum Gasteiger partial charge on any atom is 0.275 e. The van der Waals surface area contributed by atoms with Gasteiger partial charge in [-0.1, -0.05) is 25.3 Å². The van der Waals surface area contributed by atoms with Crippen molar-refractivity contribution in [1.29, 1.82) is 0 Å². The third kappa shape index (κ3) is 3.84. The summed E-state index contributed by atoms with van der Waals surface area (Å²) in [5.41, 5.74) is -0.495. The van der Waals surface area contributed by atoms with Crippen LogP contribution < -0.4 is 9.47 Å². The monoisotopic (exact) mass is 354 g/mol. The Labute approximate surface area is 144 Å². The summed E-state index contributed by atoms with van der Waals surface area (Å²) in [6.07, 6.45) is 4.30.